The first kappa shape index (κ1) is 15.4. The lowest BCUT2D eigenvalue weighted by molar-refractivity contribution is 0.116. The number of aromatic nitrogens is 1. The molecule has 0 fully saturated rings. The maximum Gasteiger partial charge on any atom is 0.0937 e. The number of halogens is 1. The van der Waals surface area contributed by atoms with Gasteiger partial charge in [0.2, 0.25) is 0 Å². The van der Waals surface area contributed by atoms with E-state index in [1.54, 1.807) is 11.3 Å². The predicted octanol–water partition coefficient (Wildman–Crippen LogP) is 3.39. The van der Waals surface area contributed by atoms with Crippen LogP contribution in [0.2, 0.25) is 5.02 Å². The van der Waals surface area contributed by atoms with Gasteiger partial charge in [-0.05, 0) is 12.6 Å². The summed E-state index contributed by atoms with van der Waals surface area (Å²) in [5.74, 6) is 0. The number of likely N-dealkylation sites (N-methyl/N-ethyl adjacent to an activating group) is 1. The SMILES string of the molecule is CCN(CCc1nccs1)CC(O)c1ccccc1Cl. The third-order valence-corrected chi connectivity index (χ3v) is 4.45. The number of aliphatic hydroxyl groups excluding tert-OH is 1. The van der Waals surface area contributed by atoms with Crippen molar-refractivity contribution in [1.82, 2.24) is 9.88 Å². The van der Waals surface area contributed by atoms with E-state index >= 15 is 0 Å². The summed E-state index contributed by atoms with van der Waals surface area (Å²) in [6.45, 7) is 4.48. The monoisotopic (exact) mass is 310 g/mol. The molecule has 108 valence electrons. The van der Waals surface area contributed by atoms with Gasteiger partial charge in [0.1, 0.15) is 0 Å². The lowest BCUT2D eigenvalue weighted by Crippen LogP contribution is -2.30. The molecule has 1 aromatic carbocycles. The maximum absolute atomic E-state index is 10.3. The first-order valence-electron chi connectivity index (χ1n) is 6.74. The molecule has 5 heteroatoms. The first-order chi connectivity index (χ1) is 9.70. The van der Waals surface area contributed by atoms with Gasteiger partial charge in [0.05, 0.1) is 11.1 Å². The van der Waals surface area contributed by atoms with E-state index in [4.69, 9.17) is 11.6 Å². The van der Waals surface area contributed by atoms with Crippen molar-refractivity contribution in [2.45, 2.75) is 19.4 Å². The van der Waals surface area contributed by atoms with Crippen LogP contribution in [0.15, 0.2) is 35.8 Å². The number of thiazole rings is 1. The smallest absolute Gasteiger partial charge is 0.0937 e. The highest BCUT2D eigenvalue weighted by Gasteiger charge is 2.15. The van der Waals surface area contributed by atoms with Gasteiger partial charge in [-0.15, -0.1) is 11.3 Å². The van der Waals surface area contributed by atoms with Crippen LogP contribution in [0.25, 0.3) is 0 Å². The number of benzene rings is 1. The van der Waals surface area contributed by atoms with Gasteiger partial charge in [0, 0.05) is 41.7 Å². The van der Waals surface area contributed by atoms with Crippen molar-refractivity contribution in [3.8, 4) is 0 Å². The zero-order chi connectivity index (χ0) is 14.4. The fourth-order valence-electron chi connectivity index (χ4n) is 2.10. The summed E-state index contributed by atoms with van der Waals surface area (Å²) in [4.78, 5) is 6.50. The van der Waals surface area contributed by atoms with Crippen LogP contribution < -0.4 is 0 Å². The van der Waals surface area contributed by atoms with Gasteiger partial charge in [-0.3, -0.25) is 0 Å². The van der Waals surface area contributed by atoms with Gasteiger partial charge < -0.3 is 10.0 Å². The summed E-state index contributed by atoms with van der Waals surface area (Å²) in [6, 6.07) is 7.46. The average Bonchev–Trinajstić information content (AvgIpc) is 2.97. The van der Waals surface area contributed by atoms with Crippen LogP contribution in [-0.2, 0) is 6.42 Å². The molecular formula is C15H19ClN2OS. The number of hydrogen-bond donors (Lipinski definition) is 1. The molecule has 2 rings (SSSR count). The fourth-order valence-corrected chi connectivity index (χ4v) is 2.97. The molecule has 1 N–H and O–H groups in total. The topological polar surface area (TPSA) is 36.4 Å². The second kappa shape index (κ2) is 7.74. The van der Waals surface area contributed by atoms with Crippen molar-refractivity contribution in [2.24, 2.45) is 0 Å². The third kappa shape index (κ3) is 4.28. The number of nitrogens with zero attached hydrogens (tertiary/aromatic N) is 2. The van der Waals surface area contributed by atoms with E-state index in [0.29, 0.717) is 11.6 Å². The second-order valence-electron chi connectivity index (χ2n) is 4.61. The molecule has 0 spiro atoms. The highest BCUT2D eigenvalue weighted by atomic mass is 35.5. The van der Waals surface area contributed by atoms with E-state index in [0.717, 1.165) is 30.1 Å². The summed E-state index contributed by atoms with van der Waals surface area (Å²) in [5, 5.41) is 14.1. The van der Waals surface area contributed by atoms with Crippen molar-refractivity contribution >= 4 is 22.9 Å². The molecule has 1 atom stereocenters. The van der Waals surface area contributed by atoms with Crippen LogP contribution in [0.1, 0.15) is 23.6 Å². The van der Waals surface area contributed by atoms with Crippen molar-refractivity contribution in [1.29, 1.82) is 0 Å². The minimum absolute atomic E-state index is 0.556. The van der Waals surface area contributed by atoms with E-state index in [-0.39, 0.29) is 0 Å². The van der Waals surface area contributed by atoms with Gasteiger partial charge in [0.25, 0.3) is 0 Å². The molecular weight excluding hydrogens is 292 g/mol. The Kier molecular flexibility index (Phi) is 5.98. The molecule has 20 heavy (non-hydrogen) atoms. The van der Waals surface area contributed by atoms with Crippen LogP contribution in [-0.4, -0.2) is 34.6 Å². The molecule has 1 unspecified atom stereocenters. The highest BCUT2D eigenvalue weighted by Crippen LogP contribution is 2.23. The van der Waals surface area contributed by atoms with E-state index < -0.39 is 6.10 Å². The van der Waals surface area contributed by atoms with Gasteiger partial charge in [-0.1, -0.05) is 36.7 Å². The Morgan fingerprint density at radius 2 is 2.20 bits per heavy atom. The Labute approximate surface area is 128 Å². The number of hydrogen-bond acceptors (Lipinski definition) is 4. The van der Waals surface area contributed by atoms with Gasteiger partial charge in [-0.2, -0.15) is 0 Å². The van der Waals surface area contributed by atoms with Crippen molar-refractivity contribution < 1.29 is 5.11 Å². The third-order valence-electron chi connectivity index (χ3n) is 3.27. The molecule has 0 bridgehead atoms. The molecule has 1 heterocycles. The molecule has 0 aliphatic carbocycles. The molecule has 0 amide bonds. The molecule has 0 saturated carbocycles. The zero-order valence-electron chi connectivity index (χ0n) is 11.5. The molecule has 1 aromatic heterocycles. The van der Waals surface area contributed by atoms with E-state index in [1.165, 1.54) is 0 Å². The zero-order valence-corrected chi connectivity index (χ0v) is 13.1. The summed E-state index contributed by atoms with van der Waals surface area (Å²) >= 11 is 7.79. The molecule has 0 aliphatic rings. The Morgan fingerprint density at radius 1 is 1.40 bits per heavy atom. The highest BCUT2D eigenvalue weighted by molar-refractivity contribution is 7.09. The van der Waals surface area contributed by atoms with Crippen LogP contribution in [0, 0.1) is 0 Å². The van der Waals surface area contributed by atoms with Gasteiger partial charge in [-0.25, -0.2) is 4.98 Å². The minimum atomic E-state index is -0.556. The van der Waals surface area contributed by atoms with E-state index in [9.17, 15) is 5.11 Å². The van der Waals surface area contributed by atoms with Crippen LogP contribution in [0.5, 0.6) is 0 Å². The first-order valence-corrected chi connectivity index (χ1v) is 7.99. The predicted molar refractivity (Wildman–Crippen MR) is 84.3 cm³/mol. The van der Waals surface area contributed by atoms with Crippen LogP contribution in [0.3, 0.4) is 0 Å². The standard InChI is InChI=1S/C15H19ClN2OS/c1-2-18(9-7-15-17-8-10-20-15)11-14(19)12-5-3-4-6-13(12)16/h3-6,8,10,14,19H,2,7,9,11H2,1H3. The summed E-state index contributed by atoms with van der Waals surface area (Å²) in [5.41, 5.74) is 0.793. The van der Waals surface area contributed by atoms with Crippen molar-refractivity contribution in [3.63, 3.8) is 0 Å². The van der Waals surface area contributed by atoms with Gasteiger partial charge in [0.15, 0.2) is 0 Å². The lowest BCUT2D eigenvalue weighted by atomic mass is 10.1. The molecule has 3 nitrogen and oxygen atoms in total. The van der Waals surface area contributed by atoms with Crippen LogP contribution in [0.4, 0.5) is 0 Å². The van der Waals surface area contributed by atoms with Crippen LogP contribution >= 0.6 is 22.9 Å². The summed E-state index contributed by atoms with van der Waals surface area (Å²) in [6.07, 6.45) is 2.19. The molecule has 2 aromatic rings. The fraction of sp³-hybridized carbons (Fsp3) is 0.400. The van der Waals surface area contributed by atoms with Gasteiger partial charge >= 0.3 is 0 Å². The molecule has 0 aliphatic heterocycles. The Balaban J connectivity index is 1.90. The quantitative estimate of drug-likeness (QED) is 0.851. The Hall–Kier alpha value is -0.940. The lowest BCUT2D eigenvalue weighted by Gasteiger charge is -2.23. The minimum Gasteiger partial charge on any atom is -0.387 e. The van der Waals surface area contributed by atoms with E-state index in [1.807, 2.05) is 35.8 Å². The number of rotatable bonds is 7. The largest absolute Gasteiger partial charge is 0.387 e. The number of aliphatic hydroxyl groups is 1. The average molecular weight is 311 g/mol. The maximum atomic E-state index is 10.3. The van der Waals surface area contributed by atoms with Crippen molar-refractivity contribution in [2.75, 3.05) is 19.6 Å². The normalized spacial score (nSPS) is 12.8. The second-order valence-corrected chi connectivity index (χ2v) is 5.99. The molecule has 0 saturated heterocycles. The molecule has 0 radical (unpaired) electrons. The Bertz CT molecular complexity index is 518. The van der Waals surface area contributed by atoms with Crippen molar-refractivity contribution in [3.05, 3.63) is 51.4 Å². The van der Waals surface area contributed by atoms with E-state index in [2.05, 4.69) is 16.8 Å². The summed E-state index contributed by atoms with van der Waals surface area (Å²) < 4.78 is 0. The summed E-state index contributed by atoms with van der Waals surface area (Å²) in [7, 11) is 0. The Morgan fingerprint density at radius 3 is 2.85 bits per heavy atom.